The Morgan fingerprint density at radius 1 is 0.838 bits per heavy atom. The Labute approximate surface area is 207 Å². The maximum Gasteiger partial charge on any atom is 0.434 e. The van der Waals surface area contributed by atoms with Crippen molar-refractivity contribution >= 4 is 17.9 Å². The average Bonchev–Trinajstić information content (AvgIpc) is 3.14. The second-order valence-corrected chi connectivity index (χ2v) is 10.5. The Kier molecular flexibility index (Phi) is 7.21. The largest absolute Gasteiger partial charge is 0.454 e. The third kappa shape index (κ3) is 5.67. The first-order valence-electron chi connectivity index (χ1n) is 11.7. The molecule has 0 bridgehead atoms. The summed E-state index contributed by atoms with van der Waals surface area (Å²) in [5.74, 6) is -4.30. The van der Waals surface area contributed by atoms with Gasteiger partial charge in [-0.1, -0.05) is 0 Å². The third-order valence-electron chi connectivity index (χ3n) is 6.65. The van der Waals surface area contributed by atoms with Crippen LogP contribution in [0.15, 0.2) is 0 Å². The lowest BCUT2D eigenvalue weighted by Gasteiger charge is -2.38. The maximum absolute atomic E-state index is 12.8. The van der Waals surface area contributed by atoms with Crippen LogP contribution in [0.5, 0.6) is 0 Å². The summed E-state index contributed by atoms with van der Waals surface area (Å²) in [6, 6.07) is 0. The van der Waals surface area contributed by atoms with E-state index in [4.69, 9.17) is 23.7 Å². The van der Waals surface area contributed by atoms with Crippen molar-refractivity contribution in [3.8, 4) is 0 Å². The first-order valence-corrected chi connectivity index (χ1v) is 11.7. The van der Waals surface area contributed by atoms with E-state index in [1.165, 1.54) is 0 Å². The summed E-state index contributed by atoms with van der Waals surface area (Å²) in [5, 5.41) is 0. The van der Waals surface area contributed by atoms with Crippen LogP contribution in [0, 0.1) is 11.3 Å². The third-order valence-corrected chi connectivity index (χ3v) is 6.65. The van der Waals surface area contributed by atoms with Gasteiger partial charge >= 0.3 is 30.3 Å². The van der Waals surface area contributed by atoms with Gasteiger partial charge in [0, 0.05) is 0 Å². The smallest absolute Gasteiger partial charge is 0.434 e. The molecule has 0 aromatic heterocycles. The van der Waals surface area contributed by atoms with Crippen LogP contribution < -0.4 is 0 Å². The molecule has 1 aliphatic carbocycles. The molecule has 4 aliphatic rings. The van der Waals surface area contributed by atoms with Gasteiger partial charge in [-0.2, -0.15) is 26.3 Å². The molecule has 9 nitrogen and oxygen atoms in total. The van der Waals surface area contributed by atoms with Crippen molar-refractivity contribution < 1.29 is 69.1 Å². The zero-order valence-corrected chi connectivity index (χ0v) is 20.0. The second kappa shape index (κ2) is 9.56. The summed E-state index contributed by atoms with van der Waals surface area (Å²) >= 11 is 0. The lowest BCUT2D eigenvalue weighted by atomic mass is 9.97. The number of hydrogen-bond acceptors (Lipinski definition) is 9. The predicted molar refractivity (Wildman–Crippen MR) is 105 cm³/mol. The molecule has 4 rings (SSSR count). The first-order chi connectivity index (χ1) is 17.0. The van der Waals surface area contributed by atoms with Crippen molar-refractivity contribution in [1.29, 1.82) is 0 Å². The summed E-state index contributed by atoms with van der Waals surface area (Å²) in [5.41, 5.74) is -0.887. The SMILES string of the molecule is CC(C)(C)C(=O)OC1C(=O)OC2C3OC4CCC(C(=O)OC(C(F)(F)F)C(F)(F)F)CCC4OC3OC12. The van der Waals surface area contributed by atoms with Crippen LogP contribution in [0.1, 0.15) is 46.5 Å². The van der Waals surface area contributed by atoms with Gasteiger partial charge in [0.05, 0.1) is 23.5 Å². The van der Waals surface area contributed by atoms with E-state index in [1.54, 1.807) is 20.8 Å². The molecule has 0 spiro atoms. The van der Waals surface area contributed by atoms with Gasteiger partial charge in [-0.3, -0.25) is 9.59 Å². The summed E-state index contributed by atoms with van der Waals surface area (Å²) in [4.78, 5) is 36.8. The van der Waals surface area contributed by atoms with Gasteiger partial charge in [0.1, 0.15) is 12.2 Å². The molecule has 37 heavy (non-hydrogen) atoms. The number of rotatable bonds is 3. The number of halogens is 6. The van der Waals surface area contributed by atoms with Crippen molar-refractivity contribution in [2.45, 2.75) is 108 Å². The molecule has 0 N–H and O–H groups in total. The van der Waals surface area contributed by atoms with E-state index in [9.17, 15) is 40.7 Å². The van der Waals surface area contributed by atoms with Crippen LogP contribution >= 0.6 is 0 Å². The van der Waals surface area contributed by atoms with Crippen LogP contribution in [0.25, 0.3) is 0 Å². The topological polar surface area (TPSA) is 107 Å². The van der Waals surface area contributed by atoms with E-state index in [-0.39, 0.29) is 25.7 Å². The quantitative estimate of drug-likeness (QED) is 0.299. The molecular weight excluding hydrogens is 522 g/mol. The lowest BCUT2D eigenvalue weighted by Crippen LogP contribution is -2.50. The number of ether oxygens (including phenoxy) is 6. The fourth-order valence-corrected chi connectivity index (χ4v) is 4.72. The molecule has 0 aromatic carbocycles. The predicted octanol–water partition coefficient (Wildman–Crippen LogP) is 2.97. The number of carbonyl (C=O) groups excluding carboxylic acids is 3. The molecule has 4 fully saturated rings. The van der Waals surface area contributed by atoms with E-state index in [0.717, 1.165) is 0 Å². The number of fused-ring (bicyclic) bond motifs is 4. The summed E-state index contributed by atoms with van der Waals surface area (Å²) < 4.78 is 109. The number of hydrogen-bond donors (Lipinski definition) is 0. The monoisotopic (exact) mass is 548 g/mol. The summed E-state index contributed by atoms with van der Waals surface area (Å²) in [6.45, 7) is 4.83. The molecule has 0 amide bonds. The summed E-state index contributed by atoms with van der Waals surface area (Å²) in [6.07, 6.45) is -22.5. The zero-order valence-electron chi connectivity index (χ0n) is 20.0. The number of esters is 3. The highest BCUT2D eigenvalue weighted by Gasteiger charge is 2.63. The van der Waals surface area contributed by atoms with Crippen molar-refractivity contribution in [2.24, 2.45) is 11.3 Å². The van der Waals surface area contributed by atoms with E-state index in [0.29, 0.717) is 0 Å². The van der Waals surface area contributed by atoms with Gasteiger partial charge in [-0.15, -0.1) is 0 Å². The average molecular weight is 548 g/mol. The molecule has 8 atom stereocenters. The number of carbonyl (C=O) groups is 3. The molecule has 3 saturated heterocycles. The maximum atomic E-state index is 12.8. The molecule has 3 heterocycles. The Morgan fingerprint density at radius 2 is 1.41 bits per heavy atom. The molecule has 0 aromatic rings. The first kappa shape index (κ1) is 27.9. The van der Waals surface area contributed by atoms with Crippen molar-refractivity contribution in [1.82, 2.24) is 0 Å². The normalized spacial score (nSPS) is 36.2. The molecule has 1 saturated carbocycles. The molecule has 15 heteroatoms. The fourth-order valence-electron chi connectivity index (χ4n) is 4.72. The minimum atomic E-state index is -5.80. The minimum Gasteiger partial charge on any atom is -0.454 e. The van der Waals surface area contributed by atoms with E-state index >= 15 is 0 Å². The molecule has 8 unspecified atom stereocenters. The van der Waals surface area contributed by atoms with Crippen LogP contribution in [-0.4, -0.2) is 79.3 Å². The van der Waals surface area contributed by atoms with Crippen molar-refractivity contribution in [2.75, 3.05) is 0 Å². The van der Waals surface area contributed by atoms with Gasteiger partial charge in [0.15, 0.2) is 12.4 Å². The van der Waals surface area contributed by atoms with Crippen LogP contribution in [0.3, 0.4) is 0 Å². The van der Waals surface area contributed by atoms with Gasteiger partial charge in [0.2, 0.25) is 6.10 Å². The van der Waals surface area contributed by atoms with Crippen LogP contribution in [-0.2, 0) is 42.8 Å². The van der Waals surface area contributed by atoms with Crippen LogP contribution in [0.2, 0.25) is 0 Å². The van der Waals surface area contributed by atoms with Crippen LogP contribution in [0.4, 0.5) is 26.3 Å². The Balaban J connectivity index is 1.38. The zero-order chi connectivity index (χ0) is 27.5. The van der Waals surface area contributed by atoms with E-state index in [1.807, 2.05) is 0 Å². The second-order valence-electron chi connectivity index (χ2n) is 10.5. The van der Waals surface area contributed by atoms with Gasteiger partial charge in [0.25, 0.3) is 6.10 Å². The van der Waals surface area contributed by atoms with E-state index < -0.39 is 90.6 Å². The number of alkyl halides is 6. The van der Waals surface area contributed by atoms with Gasteiger partial charge in [-0.25, -0.2) is 4.79 Å². The standard InChI is InChI=1S/C22H26F6O9/c1-20(2,3)19(31)36-13-11-12(34-16(13)30)14-17(35-11)33-10-7-5-8(4-6-9(10)32-14)15(29)37-18(21(23,24)25)22(26,27)28/h8-14,17-18H,4-7H2,1-3H3. The summed E-state index contributed by atoms with van der Waals surface area (Å²) in [7, 11) is 0. The van der Waals surface area contributed by atoms with E-state index in [2.05, 4.69) is 4.74 Å². The molecule has 0 radical (unpaired) electrons. The highest BCUT2D eigenvalue weighted by atomic mass is 19.4. The minimum absolute atomic E-state index is 0.0597. The van der Waals surface area contributed by atoms with Gasteiger partial charge < -0.3 is 28.4 Å². The molecule has 210 valence electrons. The Hall–Kier alpha value is -2.13. The van der Waals surface area contributed by atoms with Crippen molar-refractivity contribution in [3.63, 3.8) is 0 Å². The Morgan fingerprint density at radius 3 is 1.95 bits per heavy atom. The highest BCUT2D eigenvalue weighted by molar-refractivity contribution is 5.84. The Bertz CT molecular complexity index is 900. The molecule has 3 aliphatic heterocycles. The highest BCUT2D eigenvalue weighted by Crippen LogP contribution is 2.43. The fraction of sp³-hybridized carbons (Fsp3) is 0.864. The van der Waals surface area contributed by atoms with Crippen molar-refractivity contribution in [3.05, 3.63) is 0 Å². The van der Waals surface area contributed by atoms with Gasteiger partial charge in [-0.05, 0) is 46.5 Å². The lowest BCUT2D eigenvalue weighted by molar-refractivity contribution is -0.314. The molecular formula is C22H26F6O9.